The maximum atomic E-state index is 11.6. The molecule has 17 heavy (non-hydrogen) atoms. The van der Waals surface area contributed by atoms with Crippen molar-refractivity contribution < 1.29 is 23.9 Å². The van der Waals surface area contributed by atoms with Crippen molar-refractivity contribution in [1.29, 1.82) is 0 Å². The molecule has 0 heterocycles. The standard InChI is InChI=1S/C12H18O5/c1-4-6-9(14)11(10(15)7-5-2)12(16)17-8(3)13/h11H,4-7H2,1-3H3. The molecule has 0 saturated carbocycles. The summed E-state index contributed by atoms with van der Waals surface area (Å²) >= 11 is 0. The van der Waals surface area contributed by atoms with Gasteiger partial charge in [-0.15, -0.1) is 0 Å². The molecule has 0 aliphatic heterocycles. The van der Waals surface area contributed by atoms with Gasteiger partial charge in [0.15, 0.2) is 17.5 Å². The zero-order valence-corrected chi connectivity index (χ0v) is 10.4. The van der Waals surface area contributed by atoms with E-state index in [4.69, 9.17) is 0 Å². The summed E-state index contributed by atoms with van der Waals surface area (Å²) < 4.78 is 4.33. The third-order valence-electron chi connectivity index (χ3n) is 2.12. The Morgan fingerprint density at radius 1 is 0.941 bits per heavy atom. The third kappa shape index (κ3) is 5.38. The Kier molecular flexibility index (Phi) is 7.02. The van der Waals surface area contributed by atoms with Crippen LogP contribution >= 0.6 is 0 Å². The highest BCUT2D eigenvalue weighted by molar-refractivity contribution is 6.18. The molecular weight excluding hydrogens is 224 g/mol. The van der Waals surface area contributed by atoms with Gasteiger partial charge in [-0.25, -0.2) is 0 Å². The van der Waals surface area contributed by atoms with Crippen molar-refractivity contribution in [2.45, 2.75) is 46.5 Å². The van der Waals surface area contributed by atoms with Crippen molar-refractivity contribution >= 4 is 23.5 Å². The van der Waals surface area contributed by atoms with E-state index in [1.807, 2.05) is 0 Å². The summed E-state index contributed by atoms with van der Waals surface area (Å²) in [5.41, 5.74) is 0. The summed E-state index contributed by atoms with van der Waals surface area (Å²) in [6.07, 6.45) is 1.35. The monoisotopic (exact) mass is 242 g/mol. The Morgan fingerprint density at radius 3 is 1.65 bits per heavy atom. The van der Waals surface area contributed by atoms with E-state index in [-0.39, 0.29) is 12.8 Å². The molecule has 0 aromatic heterocycles. The fourth-order valence-corrected chi connectivity index (χ4v) is 1.42. The first-order valence-electron chi connectivity index (χ1n) is 5.71. The Labute approximate surface area is 101 Å². The maximum Gasteiger partial charge on any atom is 0.331 e. The molecule has 96 valence electrons. The van der Waals surface area contributed by atoms with Crippen LogP contribution in [-0.4, -0.2) is 23.5 Å². The van der Waals surface area contributed by atoms with Crippen LogP contribution in [0, 0.1) is 5.92 Å². The van der Waals surface area contributed by atoms with Gasteiger partial charge in [0, 0.05) is 19.8 Å². The first kappa shape index (κ1) is 15.5. The van der Waals surface area contributed by atoms with Crippen molar-refractivity contribution in [3.63, 3.8) is 0 Å². The quantitative estimate of drug-likeness (QED) is 0.498. The molecule has 0 aromatic carbocycles. The van der Waals surface area contributed by atoms with Gasteiger partial charge in [0.25, 0.3) is 0 Å². The van der Waals surface area contributed by atoms with Gasteiger partial charge in [-0.05, 0) is 12.8 Å². The third-order valence-corrected chi connectivity index (χ3v) is 2.12. The summed E-state index contributed by atoms with van der Waals surface area (Å²) in [4.78, 5) is 45.5. The van der Waals surface area contributed by atoms with E-state index in [1.54, 1.807) is 13.8 Å². The number of hydrogen-bond acceptors (Lipinski definition) is 5. The van der Waals surface area contributed by atoms with Gasteiger partial charge in [-0.1, -0.05) is 13.8 Å². The summed E-state index contributed by atoms with van der Waals surface area (Å²) in [6, 6.07) is 0. The molecule has 0 aliphatic carbocycles. The number of carbonyl (C=O) groups excluding carboxylic acids is 4. The lowest BCUT2D eigenvalue weighted by Crippen LogP contribution is -2.34. The van der Waals surface area contributed by atoms with Crippen LogP contribution in [-0.2, 0) is 23.9 Å². The van der Waals surface area contributed by atoms with E-state index < -0.39 is 29.4 Å². The minimum atomic E-state index is -1.43. The van der Waals surface area contributed by atoms with Crippen LogP contribution in [0.3, 0.4) is 0 Å². The lowest BCUT2D eigenvalue weighted by atomic mass is 9.93. The number of rotatable bonds is 7. The Morgan fingerprint density at radius 2 is 1.35 bits per heavy atom. The fourth-order valence-electron chi connectivity index (χ4n) is 1.42. The van der Waals surface area contributed by atoms with Crippen molar-refractivity contribution in [2.75, 3.05) is 0 Å². The largest absolute Gasteiger partial charge is 0.392 e. The van der Waals surface area contributed by atoms with E-state index in [0.29, 0.717) is 12.8 Å². The molecule has 0 N–H and O–H groups in total. The Hall–Kier alpha value is -1.52. The highest BCUT2D eigenvalue weighted by atomic mass is 16.6. The number of carbonyl (C=O) groups is 4. The van der Waals surface area contributed by atoms with E-state index >= 15 is 0 Å². The van der Waals surface area contributed by atoms with Gasteiger partial charge in [-0.2, -0.15) is 0 Å². The predicted octanol–water partition coefficient (Wildman–Crippen LogP) is 1.43. The topological polar surface area (TPSA) is 77.5 Å². The summed E-state index contributed by atoms with van der Waals surface area (Å²) in [7, 11) is 0. The molecule has 0 unspecified atom stereocenters. The molecule has 0 aromatic rings. The van der Waals surface area contributed by atoms with E-state index in [1.165, 1.54) is 0 Å². The second-order valence-electron chi connectivity index (χ2n) is 3.78. The number of ketones is 2. The van der Waals surface area contributed by atoms with Gasteiger partial charge in [0.1, 0.15) is 0 Å². The normalized spacial score (nSPS) is 10.1. The van der Waals surface area contributed by atoms with Crippen molar-refractivity contribution in [2.24, 2.45) is 5.92 Å². The van der Waals surface area contributed by atoms with Gasteiger partial charge in [-0.3, -0.25) is 19.2 Å². The van der Waals surface area contributed by atoms with Crippen LogP contribution in [0.5, 0.6) is 0 Å². The molecular formula is C12H18O5. The van der Waals surface area contributed by atoms with E-state index in [9.17, 15) is 19.2 Å². The van der Waals surface area contributed by atoms with Gasteiger partial charge < -0.3 is 4.74 Å². The zero-order valence-electron chi connectivity index (χ0n) is 10.4. The predicted molar refractivity (Wildman–Crippen MR) is 60.1 cm³/mol. The first-order chi connectivity index (χ1) is 7.93. The Balaban J connectivity index is 4.83. The maximum absolute atomic E-state index is 11.6. The SMILES string of the molecule is CCCC(=O)C(C(=O)CCC)C(=O)OC(C)=O. The second kappa shape index (κ2) is 7.70. The minimum Gasteiger partial charge on any atom is -0.392 e. The van der Waals surface area contributed by atoms with E-state index in [0.717, 1.165) is 6.92 Å². The molecule has 0 fully saturated rings. The second-order valence-corrected chi connectivity index (χ2v) is 3.78. The van der Waals surface area contributed by atoms with Crippen LogP contribution in [0.15, 0.2) is 0 Å². The molecule has 5 heteroatoms. The average molecular weight is 242 g/mol. The van der Waals surface area contributed by atoms with Gasteiger partial charge in [0.2, 0.25) is 0 Å². The lowest BCUT2D eigenvalue weighted by molar-refractivity contribution is -0.163. The van der Waals surface area contributed by atoms with Gasteiger partial charge >= 0.3 is 11.9 Å². The molecule has 0 spiro atoms. The van der Waals surface area contributed by atoms with Crippen LogP contribution in [0.1, 0.15) is 46.5 Å². The summed E-state index contributed by atoms with van der Waals surface area (Å²) in [6.45, 7) is 4.61. The Bertz CT molecular complexity index is 301. The lowest BCUT2D eigenvalue weighted by Gasteiger charge is -2.11. The van der Waals surface area contributed by atoms with Crippen molar-refractivity contribution in [3.8, 4) is 0 Å². The summed E-state index contributed by atoms with van der Waals surface area (Å²) in [5, 5.41) is 0. The molecule has 0 aliphatic rings. The number of esters is 2. The van der Waals surface area contributed by atoms with Gasteiger partial charge in [0.05, 0.1) is 0 Å². The molecule has 0 rings (SSSR count). The summed E-state index contributed by atoms with van der Waals surface area (Å²) in [5.74, 6) is -4.24. The fraction of sp³-hybridized carbons (Fsp3) is 0.667. The number of Topliss-reactive ketones (excluding diaryl/α,β-unsaturated/α-hetero) is 2. The van der Waals surface area contributed by atoms with Crippen molar-refractivity contribution in [1.82, 2.24) is 0 Å². The molecule has 0 bridgehead atoms. The van der Waals surface area contributed by atoms with E-state index in [2.05, 4.69) is 4.74 Å². The highest BCUT2D eigenvalue weighted by Gasteiger charge is 2.34. The van der Waals surface area contributed by atoms with Crippen LogP contribution in [0.25, 0.3) is 0 Å². The molecule has 0 amide bonds. The smallest absolute Gasteiger partial charge is 0.331 e. The zero-order chi connectivity index (χ0) is 13.4. The molecule has 5 nitrogen and oxygen atoms in total. The molecule has 0 saturated heterocycles. The van der Waals surface area contributed by atoms with Crippen molar-refractivity contribution in [3.05, 3.63) is 0 Å². The number of ether oxygens (including phenoxy) is 1. The molecule has 0 radical (unpaired) electrons. The molecule has 0 atom stereocenters. The van der Waals surface area contributed by atoms with Crippen LogP contribution in [0.2, 0.25) is 0 Å². The first-order valence-corrected chi connectivity index (χ1v) is 5.71. The minimum absolute atomic E-state index is 0.132. The van der Waals surface area contributed by atoms with Crippen LogP contribution in [0.4, 0.5) is 0 Å². The van der Waals surface area contributed by atoms with Crippen LogP contribution < -0.4 is 0 Å². The number of hydrogen-bond donors (Lipinski definition) is 0. The highest BCUT2D eigenvalue weighted by Crippen LogP contribution is 2.12. The average Bonchev–Trinajstić information content (AvgIpc) is 2.17.